The lowest BCUT2D eigenvalue weighted by Gasteiger charge is -2.28. The minimum Gasteiger partial charge on any atom is -0.377 e. The summed E-state index contributed by atoms with van der Waals surface area (Å²) < 4.78 is 0. The highest BCUT2D eigenvalue weighted by atomic mass is 32.1. The molecule has 2 aromatic rings. The average molecular weight is 445 g/mol. The third-order valence-electron chi connectivity index (χ3n) is 4.51. The number of hydrogen-bond donors (Lipinski definition) is 2. The number of nitrogens with zero attached hydrogens (tertiary/aromatic N) is 2. The zero-order valence-corrected chi connectivity index (χ0v) is 20.6. The van der Waals surface area contributed by atoms with Crippen molar-refractivity contribution < 1.29 is 9.59 Å². The van der Waals surface area contributed by atoms with Crippen molar-refractivity contribution in [3.8, 4) is 0 Å². The van der Waals surface area contributed by atoms with Crippen molar-refractivity contribution in [3.05, 3.63) is 46.2 Å². The van der Waals surface area contributed by atoms with Crippen LogP contribution in [0.4, 0.5) is 16.2 Å². The molecule has 3 amide bonds. The van der Waals surface area contributed by atoms with Gasteiger partial charge in [0.2, 0.25) is 5.91 Å². The summed E-state index contributed by atoms with van der Waals surface area (Å²) in [6.07, 6.45) is 0.410. The van der Waals surface area contributed by atoms with E-state index >= 15 is 0 Å². The van der Waals surface area contributed by atoms with E-state index in [0.29, 0.717) is 31.1 Å². The number of thiophene rings is 1. The van der Waals surface area contributed by atoms with Gasteiger partial charge in [-0.05, 0) is 61.9 Å². The lowest BCUT2D eigenvalue weighted by atomic mass is 10.1. The number of carbonyl (C=O) groups excluding carboxylic acids is 2. The van der Waals surface area contributed by atoms with Gasteiger partial charge in [-0.15, -0.1) is 11.3 Å². The molecule has 1 aromatic heterocycles. The van der Waals surface area contributed by atoms with Crippen LogP contribution in [0.15, 0.2) is 35.7 Å². The van der Waals surface area contributed by atoms with Gasteiger partial charge in [-0.2, -0.15) is 0 Å². The maximum Gasteiger partial charge on any atom is 0.319 e. The topological polar surface area (TPSA) is 64.7 Å². The van der Waals surface area contributed by atoms with E-state index in [1.807, 2.05) is 80.4 Å². The van der Waals surface area contributed by atoms with E-state index < -0.39 is 0 Å². The zero-order chi connectivity index (χ0) is 23.2. The van der Waals surface area contributed by atoms with Gasteiger partial charge >= 0.3 is 6.03 Å². The summed E-state index contributed by atoms with van der Waals surface area (Å²) in [5.74, 6) is 0.471. The highest BCUT2D eigenvalue weighted by molar-refractivity contribution is 7.10. The Morgan fingerprint density at radius 1 is 1.13 bits per heavy atom. The molecule has 0 aliphatic carbocycles. The van der Waals surface area contributed by atoms with Crippen LogP contribution in [0.5, 0.6) is 0 Å². The second-order valence-electron chi connectivity index (χ2n) is 9.49. The van der Waals surface area contributed by atoms with E-state index in [1.165, 1.54) is 0 Å². The molecule has 0 saturated carbocycles. The second-order valence-corrected chi connectivity index (χ2v) is 10.5. The van der Waals surface area contributed by atoms with Crippen LogP contribution in [0.25, 0.3) is 0 Å². The van der Waals surface area contributed by atoms with Gasteiger partial charge in [0.25, 0.3) is 0 Å². The van der Waals surface area contributed by atoms with Crippen LogP contribution in [0.1, 0.15) is 45.1 Å². The molecule has 7 heteroatoms. The number of nitrogens with one attached hydrogen (secondary N) is 2. The summed E-state index contributed by atoms with van der Waals surface area (Å²) in [6, 6.07) is 9.56. The van der Waals surface area contributed by atoms with E-state index in [-0.39, 0.29) is 17.5 Å². The largest absolute Gasteiger partial charge is 0.377 e. The van der Waals surface area contributed by atoms with Crippen LogP contribution >= 0.6 is 11.3 Å². The van der Waals surface area contributed by atoms with E-state index in [9.17, 15) is 9.59 Å². The fraction of sp³-hybridized carbons (Fsp3) is 0.500. The lowest BCUT2D eigenvalue weighted by Crippen LogP contribution is -2.43. The molecule has 0 saturated heterocycles. The van der Waals surface area contributed by atoms with Crippen molar-refractivity contribution in [1.82, 2.24) is 10.2 Å². The molecule has 0 aliphatic heterocycles. The van der Waals surface area contributed by atoms with Crippen molar-refractivity contribution >= 4 is 34.6 Å². The molecule has 170 valence electrons. The molecule has 0 aliphatic rings. The molecule has 0 spiro atoms. The van der Waals surface area contributed by atoms with Gasteiger partial charge < -0.3 is 20.4 Å². The molecule has 1 aromatic carbocycles. The Bertz CT molecular complexity index is 870. The minimum atomic E-state index is -0.321. The maximum absolute atomic E-state index is 13.1. The standard InChI is InChI=1S/C24H36N4O2S/c1-17(2)15-28(22(29)14-20-9-8-12-31-20)16-18-13-19(10-11-21(18)27(6)7)25-23(30)26-24(3,4)5/h8-13,17H,14-16H2,1-7H3,(H2,25,26,30). The van der Waals surface area contributed by atoms with Crippen LogP contribution in [-0.2, 0) is 17.8 Å². The Morgan fingerprint density at radius 3 is 2.39 bits per heavy atom. The summed E-state index contributed by atoms with van der Waals surface area (Å²) in [5.41, 5.74) is 2.41. The van der Waals surface area contributed by atoms with Crippen molar-refractivity contribution in [1.29, 1.82) is 0 Å². The summed E-state index contributed by atoms with van der Waals surface area (Å²) in [4.78, 5) is 30.4. The number of hydrogen-bond acceptors (Lipinski definition) is 4. The molecular weight excluding hydrogens is 408 g/mol. The van der Waals surface area contributed by atoms with Crippen molar-refractivity contribution in [2.75, 3.05) is 30.9 Å². The molecule has 0 atom stereocenters. The minimum absolute atomic E-state index is 0.115. The van der Waals surface area contributed by atoms with E-state index in [1.54, 1.807) is 11.3 Å². The monoisotopic (exact) mass is 444 g/mol. The SMILES string of the molecule is CC(C)CN(Cc1cc(NC(=O)NC(C)(C)C)ccc1N(C)C)C(=O)Cc1cccs1. The molecular formula is C24H36N4O2S. The fourth-order valence-corrected chi connectivity index (χ4v) is 4.00. The second kappa shape index (κ2) is 10.7. The molecule has 31 heavy (non-hydrogen) atoms. The van der Waals surface area contributed by atoms with Crippen LogP contribution < -0.4 is 15.5 Å². The number of urea groups is 1. The number of rotatable bonds is 8. The van der Waals surface area contributed by atoms with Gasteiger partial charge in [0.15, 0.2) is 0 Å². The first-order valence-corrected chi connectivity index (χ1v) is 11.5. The number of anilines is 2. The predicted octanol–water partition coefficient (Wildman–Crippen LogP) is 4.96. The summed E-state index contributed by atoms with van der Waals surface area (Å²) in [5, 5.41) is 7.82. The van der Waals surface area contributed by atoms with Gasteiger partial charge in [-0.1, -0.05) is 19.9 Å². The normalized spacial score (nSPS) is 11.4. The molecule has 0 radical (unpaired) electrons. The van der Waals surface area contributed by atoms with Crippen molar-refractivity contribution in [3.63, 3.8) is 0 Å². The quantitative estimate of drug-likeness (QED) is 0.605. The first-order valence-electron chi connectivity index (χ1n) is 10.6. The summed E-state index contributed by atoms with van der Waals surface area (Å²) >= 11 is 1.61. The molecule has 0 bridgehead atoms. The molecule has 6 nitrogen and oxygen atoms in total. The number of carbonyl (C=O) groups is 2. The Labute approximate surface area is 190 Å². The first kappa shape index (κ1) is 24.7. The van der Waals surface area contributed by atoms with Crippen molar-refractivity contribution in [2.45, 2.75) is 53.1 Å². The van der Waals surface area contributed by atoms with Crippen LogP contribution in [0, 0.1) is 5.92 Å². The Balaban J connectivity index is 2.26. The van der Waals surface area contributed by atoms with Crippen LogP contribution in [0.2, 0.25) is 0 Å². The van der Waals surface area contributed by atoms with Crippen molar-refractivity contribution in [2.24, 2.45) is 5.92 Å². The maximum atomic E-state index is 13.1. The highest BCUT2D eigenvalue weighted by Crippen LogP contribution is 2.25. The van der Waals surface area contributed by atoms with Gasteiger partial charge in [-0.3, -0.25) is 4.79 Å². The average Bonchev–Trinajstić information content (AvgIpc) is 3.12. The number of benzene rings is 1. The van der Waals surface area contributed by atoms with E-state index in [0.717, 1.165) is 16.1 Å². The molecule has 0 unspecified atom stereocenters. The smallest absolute Gasteiger partial charge is 0.319 e. The third kappa shape index (κ3) is 8.25. The summed E-state index contributed by atoms with van der Waals surface area (Å²) in [6.45, 7) is 11.2. The molecule has 0 fully saturated rings. The Hall–Kier alpha value is -2.54. The molecule has 2 rings (SSSR count). The Kier molecular flexibility index (Phi) is 8.51. The van der Waals surface area contributed by atoms with Gasteiger partial charge in [0, 0.05) is 49.0 Å². The predicted molar refractivity (Wildman–Crippen MR) is 131 cm³/mol. The number of amides is 3. The van der Waals surface area contributed by atoms with Crippen LogP contribution in [0.3, 0.4) is 0 Å². The van der Waals surface area contributed by atoms with E-state index in [2.05, 4.69) is 24.5 Å². The highest BCUT2D eigenvalue weighted by Gasteiger charge is 2.20. The fourth-order valence-electron chi connectivity index (χ4n) is 3.30. The van der Waals surface area contributed by atoms with Gasteiger partial charge in [0.1, 0.15) is 0 Å². The van der Waals surface area contributed by atoms with Crippen LogP contribution in [-0.4, -0.2) is 43.0 Å². The zero-order valence-electron chi connectivity index (χ0n) is 19.8. The first-order chi connectivity index (χ1) is 14.4. The van der Waals surface area contributed by atoms with Gasteiger partial charge in [-0.25, -0.2) is 4.79 Å². The Morgan fingerprint density at radius 2 is 1.84 bits per heavy atom. The lowest BCUT2D eigenvalue weighted by molar-refractivity contribution is -0.131. The summed E-state index contributed by atoms with van der Waals surface area (Å²) in [7, 11) is 3.97. The van der Waals surface area contributed by atoms with Gasteiger partial charge in [0.05, 0.1) is 6.42 Å². The van der Waals surface area contributed by atoms with E-state index in [4.69, 9.17) is 0 Å². The third-order valence-corrected chi connectivity index (χ3v) is 5.39. The molecule has 1 heterocycles. The molecule has 2 N–H and O–H groups in total.